The molecule has 1 aromatic rings. The quantitative estimate of drug-likeness (QED) is 0.808. The number of aryl methyl sites for hydroxylation is 1. The van der Waals surface area contributed by atoms with E-state index in [1.54, 1.807) is 0 Å². The Morgan fingerprint density at radius 3 is 3.25 bits per heavy atom. The summed E-state index contributed by atoms with van der Waals surface area (Å²) >= 11 is 1.19. The average molecular weight is 240 g/mol. The SMILES string of the molecule is CCCc1nnsc1C(=O)N[C@@H]1CCNC1. The Morgan fingerprint density at radius 2 is 2.56 bits per heavy atom. The second kappa shape index (κ2) is 5.36. The number of hydrogen-bond donors (Lipinski definition) is 2. The summed E-state index contributed by atoms with van der Waals surface area (Å²) in [6.07, 6.45) is 2.81. The fourth-order valence-electron chi connectivity index (χ4n) is 1.81. The lowest BCUT2D eigenvalue weighted by atomic mass is 10.2. The van der Waals surface area contributed by atoms with Crippen molar-refractivity contribution in [1.29, 1.82) is 0 Å². The van der Waals surface area contributed by atoms with Crippen molar-refractivity contribution in [2.45, 2.75) is 32.2 Å². The first-order valence-electron chi connectivity index (χ1n) is 5.64. The molecule has 88 valence electrons. The number of carbonyl (C=O) groups is 1. The van der Waals surface area contributed by atoms with Crippen LogP contribution in [0.3, 0.4) is 0 Å². The van der Waals surface area contributed by atoms with Gasteiger partial charge in [0.15, 0.2) is 0 Å². The van der Waals surface area contributed by atoms with E-state index in [1.165, 1.54) is 11.5 Å². The Kier molecular flexibility index (Phi) is 3.84. The van der Waals surface area contributed by atoms with Crippen molar-refractivity contribution < 1.29 is 4.79 Å². The van der Waals surface area contributed by atoms with Crippen LogP contribution in [0.15, 0.2) is 0 Å². The number of carbonyl (C=O) groups excluding carboxylic acids is 1. The molecule has 2 heterocycles. The summed E-state index contributed by atoms with van der Waals surface area (Å²) < 4.78 is 3.85. The van der Waals surface area contributed by atoms with E-state index in [0.717, 1.165) is 38.0 Å². The summed E-state index contributed by atoms with van der Waals surface area (Å²) in [6, 6.07) is 0.254. The Morgan fingerprint density at radius 1 is 1.69 bits per heavy atom. The lowest BCUT2D eigenvalue weighted by molar-refractivity contribution is 0.0943. The van der Waals surface area contributed by atoms with Crippen LogP contribution < -0.4 is 10.6 Å². The number of hydrogen-bond acceptors (Lipinski definition) is 5. The zero-order valence-corrected chi connectivity index (χ0v) is 10.1. The maximum Gasteiger partial charge on any atom is 0.265 e. The fourth-order valence-corrected chi connectivity index (χ4v) is 2.42. The highest BCUT2D eigenvalue weighted by Gasteiger charge is 2.21. The van der Waals surface area contributed by atoms with Gasteiger partial charge in [-0.25, -0.2) is 0 Å². The van der Waals surface area contributed by atoms with Gasteiger partial charge in [-0.1, -0.05) is 17.8 Å². The van der Waals surface area contributed by atoms with Crippen LogP contribution in [0.1, 0.15) is 35.1 Å². The van der Waals surface area contributed by atoms with Gasteiger partial charge in [0.25, 0.3) is 5.91 Å². The molecule has 0 bridgehead atoms. The third-order valence-corrected chi connectivity index (χ3v) is 3.41. The molecule has 5 nitrogen and oxygen atoms in total. The molecule has 1 fully saturated rings. The van der Waals surface area contributed by atoms with Gasteiger partial charge in [-0.15, -0.1) is 5.10 Å². The monoisotopic (exact) mass is 240 g/mol. The highest BCUT2D eigenvalue weighted by atomic mass is 32.1. The van der Waals surface area contributed by atoms with E-state index in [1.807, 2.05) is 0 Å². The zero-order valence-electron chi connectivity index (χ0n) is 9.32. The van der Waals surface area contributed by atoms with Gasteiger partial charge in [0.2, 0.25) is 0 Å². The number of amides is 1. The molecule has 1 amide bonds. The Bertz CT molecular complexity index is 359. The molecule has 0 aliphatic carbocycles. The number of rotatable bonds is 4. The van der Waals surface area contributed by atoms with E-state index in [4.69, 9.17) is 0 Å². The number of aromatic nitrogens is 2. The summed E-state index contributed by atoms with van der Waals surface area (Å²) in [5, 5.41) is 10.2. The van der Waals surface area contributed by atoms with Crippen molar-refractivity contribution in [1.82, 2.24) is 20.2 Å². The van der Waals surface area contributed by atoms with Crippen molar-refractivity contribution in [2.24, 2.45) is 0 Å². The maximum absolute atomic E-state index is 11.9. The second-order valence-electron chi connectivity index (χ2n) is 3.96. The van der Waals surface area contributed by atoms with Gasteiger partial charge in [0, 0.05) is 12.6 Å². The molecule has 0 aromatic carbocycles. The van der Waals surface area contributed by atoms with Crippen LogP contribution in [-0.2, 0) is 6.42 Å². The average Bonchev–Trinajstić information content (AvgIpc) is 2.89. The molecule has 1 aliphatic heterocycles. The van der Waals surface area contributed by atoms with E-state index in [0.29, 0.717) is 4.88 Å². The third kappa shape index (κ3) is 2.56. The number of nitrogens with one attached hydrogen (secondary N) is 2. The van der Waals surface area contributed by atoms with Crippen LogP contribution >= 0.6 is 11.5 Å². The molecule has 1 atom stereocenters. The zero-order chi connectivity index (χ0) is 11.4. The van der Waals surface area contributed by atoms with Crippen LogP contribution in [0.25, 0.3) is 0 Å². The van der Waals surface area contributed by atoms with Gasteiger partial charge in [-0.05, 0) is 30.9 Å². The van der Waals surface area contributed by atoms with Crippen molar-refractivity contribution in [2.75, 3.05) is 13.1 Å². The molecular formula is C10H16N4OS. The molecule has 1 aliphatic rings. The van der Waals surface area contributed by atoms with Crippen LogP contribution in [0.5, 0.6) is 0 Å². The van der Waals surface area contributed by atoms with Gasteiger partial charge in [0.1, 0.15) is 4.88 Å². The van der Waals surface area contributed by atoms with Gasteiger partial charge in [-0.3, -0.25) is 4.79 Å². The summed E-state index contributed by atoms with van der Waals surface area (Å²) in [5.74, 6) is -0.0212. The molecule has 1 saturated heterocycles. The summed E-state index contributed by atoms with van der Waals surface area (Å²) in [4.78, 5) is 12.6. The first kappa shape index (κ1) is 11.5. The van der Waals surface area contributed by atoms with Gasteiger partial charge in [0.05, 0.1) is 5.69 Å². The largest absolute Gasteiger partial charge is 0.347 e. The fraction of sp³-hybridized carbons (Fsp3) is 0.700. The highest BCUT2D eigenvalue weighted by molar-refractivity contribution is 7.08. The van der Waals surface area contributed by atoms with Gasteiger partial charge in [-0.2, -0.15) is 0 Å². The van der Waals surface area contributed by atoms with Gasteiger partial charge >= 0.3 is 0 Å². The van der Waals surface area contributed by atoms with E-state index in [9.17, 15) is 4.79 Å². The predicted molar refractivity (Wildman–Crippen MR) is 62.6 cm³/mol. The minimum Gasteiger partial charge on any atom is -0.347 e. The van der Waals surface area contributed by atoms with Crippen LogP contribution in [0.2, 0.25) is 0 Å². The van der Waals surface area contributed by atoms with Gasteiger partial charge < -0.3 is 10.6 Å². The normalized spacial score (nSPS) is 19.9. The van der Waals surface area contributed by atoms with Crippen LogP contribution in [0, 0.1) is 0 Å². The minimum atomic E-state index is -0.0212. The van der Waals surface area contributed by atoms with Crippen LogP contribution in [0.4, 0.5) is 0 Å². The summed E-state index contributed by atoms with van der Waals surface area (Å²) in [7, 11) is 0. The van der Waals surface area contributed by atoms with Crippen LogP contribution in [-0.4, -0.2) is 34.6 Å². The first-order valence-corrected chi connectivity index (χ1v) is 6.41. The lowest BCUT2D eigenvalue weighted by Crippen LogP contribution is -2.36. The summed E-state index contributed by atoms with van der Waals surface area (Å²) in [5.41, 5.74) is 0.830. The molecule has 16 heavy (non-hydrogen) atoms. The Labute approximate surface area is 98.8 Å². The third-order valence-electron chi connectivity index (χ3n) is 2.64. The molecule has 0 spiro atoms. The molecule has 6 heteroatoms. The molecule has 1 aromatic heterocycles. The molecule has 0 radical (unpaired) electrons. The molecular weight excluding hydrogens is 224 g/mol. The van der Waals surface area contributed by atoms with E-state index in [-0.39, 0.29) is 11.9 Å². The maximum atomic E-state index is 11.9. The highest BCUT2D eigenvalue weighted by Crippen LogP contribution is 2.13. The first-order chi connectivity index (χ1) is 7.81. The molecule has 2 rings (SSSR count). The second-order valence-corrected chi connectivity index (χ2v) is 4.72. The standard InChI is InChI=1S/C10H16N4OS/c1-2-3-8-9(16-14-13-8)10(15)12-7-4-5-11-6-7/h7,11H,2-6H2,1H3,(H,12,15)/t7-/m1/s1. The molecule has 0 saturated carbocycles. The van der Waals surface area contributed by atoms with Crippen molar-refractivity contribution >= 4 is 17.4 Å². The molecule has 0 unspecified atom stereocenters. The predicted octanol–water partition coefficient (Wildman–Crippen LogP) is 0.582. The van der Waals surface area contributed by atoms with E-state index in [2.05, 4.69) is 27.1 Å². The Hall–Kier alpha value is -1.01. The Balaban J connectivity index is 1.99. The smallest absolute Gasteiger partial charge is 0.265 e. The molecule has 2 N–H and O–H groups in total. The summed E-state index contributed by atoms with van der Waals surface area (Å²) in [6.45, 7) is 3.91. The topological polar surface area (TPSA) is 66.9 Å². The van der Waals surface area contributed by atoms with Crippen molar-refractivity contribution in [3.8, 4) is 0 Å². The number of nitrogens with zero attached hydrogens (tertiary/aromatic N) is 2. The van der Waals surface area contributed by atoms with Crippen molar-refractivity contribution in [3.63, 3.8) is 0 Å². The lowest BCUT2D eigenvalue weighted by Gasteiger charge is -2.10. The minimum absolute atomic E-state index is 0.0212. The van der Waals surface area contributed by atoms with Crippen molar-refractivity contribution in [3.05, 3.63) is 10.6 Å². The van der Waals surface area contributed by atoms with E-state index < -0.39 is 0 Å². The van der Waals surface area contributed by atoms with E-state index >= 15 is 0 Å².